The fourth-order valence-electron chi connectivity index (χ4n) is 1.74. The number of carbonyl (C=O) groups excluding carboxylic acids is 1. The smallest absolute Gasteiger partial charge is 0.127 e. The molecule has 1 N–H and O–H groups in total. The minimum absolute atomic E-state index is 0.0739. The molecule has 0 amide bonds. The Morgan fingerprint density at radius 2 is 2.33 bits per heavy atom. The summed E-state index contributed by atoms with van der Waals surface area (Å²) in [6, 6.07) is 5.11. The van der Waals surface area contributed by atoms with Gasteiger partial charge in [0.15, 0.2) is 0 Å². The molecule has 3 heteroatoms. The van der Waals surface area contributed by atoms with Crippen LogP contribution in [0.4, 0.5) is 4.39 Å². The summed E-state index contributed by atoms with van der Waals surface area (Å²) in [5.74, 6) is -0.313. The van der Waals surface area contributed by atoms with Gasteiger partial charge in [0.1, 0.15) is 12.1 Å². The molecule has 0 aliphatic heterocycles. The fourth-order valence-corrected chi connectivity index (χ4v) is 1.74. The first-order chi connectivity index (χ1) is 7.22. The number of aromatic nitrogens is 1. The van der Waals surface area contributed by atoms with Crippen molar-refractivity contribution in [2.24, 2.45) is 0 Å². The van der Waals surface area contributed by atoms with Crippen LogP contribution < -0.4 is 0 Å². The van der Waals surface area contributed by atoms with Gasteiger partial charge in [0, 0.05) is 23.5 Å². The van der Waals surface area contributed by atoms with E-state index in [2.05, 4.69) is 4.98 Å². The number of hydrogen-bond donors (Lipinski definition) is 1. The lowest BCUT2D eigenvalue weighted by Crippen LogP contribution is -1.98. The number of nitrogens with one attached hydrogen (secondary N) is 1. The van der Waals surface area contributed by atoms with Crippen LogP contribution in [-0.4, -0.2) is 11.3 Å². The van der Waals surface area contributed by atoms with E-state index in [0.717, 1.165) is 17.2 Å². The second-order valence-corrected chi connectivity index (χ2v) is 3.74. The molecule has 1 aromatic carbocycles. The van der Waals surface area contributed by atoms with E-state index in [9.17, 15) is 9.18 Å². The molecule has 0 saturated carbocycles. The average Bonchev–Trinajstić information content (AvgIpc) is 2.63. The van der Waals surface area contributed by atoms with Crippen molar-refractivity contribution in [3.05, 3.63) is 35.8 Å². The summed E-state index contributed by atoms with van der Waals surface area (Å²) in [6.07, 6.45) is 2.95. The second-order valence-electron chi connectivity index (χ2n) is 3.74. The van der Waals surface area contributed by atoms with Crippen LogP contribution in [0.2, 0.25) is 0 Å². The number of aromatic amines is 1. The van der Waals surface area contributed by atoms with E-state index < -0.39 is 0 Å². The highest BCUT2D eigenvalue weighted by Crippen LogP contribution is 2.25. The molecule has 0 fully saturated rings. The molecule has 2 aromatic rings. The maximum Gasteiger partial charge on any atom is 0.127 e. The van der Waals surface area contributed by atoms with Crippen molar-refractivity contribution in [3.8, 4) is 0 Å². The van der Waals surface area contributed by atoms with Crippen molar-refractivity contribution >= 4 is 17.2 Å². The highest BCUT2D eigenvalue weighted by molar-refractivity contribution is 5.80. The minimum atomic E-state index is -0.239. The Morgan fingerprint density at radius 1 is 1.53 bits per heavy atom. The molecular weight excluding hydrogens is 193 g/mol. The highest BCUT2D eigenvalue weighted by atomic mass is 19.1. The van der Waals surface area contributed by atoms with Crippen LogP contribution in [0.25, 0.3) is 10.9 Å². The maximum atomic E-state index is 13.6. The number of hydrogen-bond acceptors (Lipinski definition) is 1. The summed E-state index contributed by atoms with van der Waals surface area (Å²) in [5.41, 5.74) is 1.50. The topological polar surface area (TPSA) is 32.9 Å². The largest absolute Gasteiger partial charge is 0.361 e. The van der Waals surface area contributed by atoms with Crippen LogP contribution in [0.5, 0.6) is 0 Å². The maximum absolute atomic E-state index is 13.6. The zero-order valence-electron chi connectivity index (χ0n) is 8.46. The lowest BCUT2D eigenvalue weighted by molar-refractivity contribution is -0.108. The van der Waals surface area contributed by atoms with E-state index in [0.29, 0.717) is 12.0 Å². The molecule has 78 valence electrons. The quantitative estimate of drug-likeness (QED) is 0.767. The molecule has 15 heavy (non-hydrogen) atoms. The molecule has 0 aliphatic rings. The third-order valence-corrected chi connectivity index (χ3v) is 2.65. The predicted molar refractivity (Wildman–Crippen MR) is 57.4 cm³/mol. The molecular formula is C12H12FNO. The van der Waals surface area contributed by atoms with Crippen LogP contribution in [0.3, 0.4) is 0 Å². The number of aldehydes is 1. The molecule has 1 heterocycles. The van der Waals surface area contributed by atoms with Gasteiger partial charge in [-0.05, 0) is 29.7 Å². The van der Waals surface area contributed by atoms with Gasteiger partial charge >= 0.3 is 0 Å². The predicted octanol–water partition coefficient (Wildman–Crippen LogP) is 3.00. The van der Waals surface area contributed by atoms with Crippen LogP contribution >= 0.6 is 0 Å². The van der Waals surface area contributed by atoms with Gasteiger partial charge in [0.25, 0.3) is 0 Å². The first-order valence-electron chi connectivity index (χ1n) is 4.92. The highest BCUT2D eigenvalue weighted by Gasteiger charge is 2.12. The zero-order chi connectivity index (χ0) is 10.8. The SMILES string of the molecule is CC(CC=O)c1cc2[nH]ccc2cc1F. The molecule has 0 spiro atoms. The molecule has 0 radical (unpaired) electrons. The summed E-state index contributed by atoms with van der Waals surface area (Å²) < 4.78 is 13.6. The van der Waals surface area contributed by atoms with E-state index in [1.807, 2.05) is 13.0 Å². The van der Waals surface area contributed by atoms with Gasteiger partial charge in [-0.2, -0.15) is 0 Å². The Bertz CT molecular complexity index is 489. The van der Waals surface area contributed by atoms with Gasteiger partial charge in [-0.1, -0.05) is 6.92 Å². The van der Waals surface area contributed by atoms with Crippen LogP contribution in [0.1, 0.15) is 24.8 Å². The lowest BCUT2D eigenvalue weighted by atomic mass is 9.97. The number of rotatable bonds is 3. The molecule has 0 aliphatic carbocycles. The Hall–Kier alpha value is -1.64. The molecule has 0 bridgehead atoms. The van der Waals surface area contributed by atoms with E-state index >= 15 is 0 Å². The van der Waals surface area contributed by atoms with E-state index in [1.165, 1.54) is 6.07 Å². The summed E-state index contributed by atoms with van der Waals surface area (Å²) in [7, 11) is 0. The Labute approximate surface area is 87.1 Å². The first-order valence-corrected chi connectivity index (χ1v) is 4.92. The molecule has 1 unspecified atom stereocenters. The van der Waals surface area contributed by atoms with E-state index in [4.69, 9.17) is 0 Å². The molecule has 2 rings (SSSR count). The molecule has 0 saturated heterocycles. The van der Waals surface area contributed by atoms with Gasteiger partial charge < -0.3 is 9.78 Å². The number of halogens is 1. The van der Waals surface area contributed by atoms with E-state index in [-0.39, 0.29) is 11.7 Å². The zero-order valence-corrected chi connectivity index (χ0v) is 8.46. The fraction of sp³-hybridized carbons (Fsp3) is 0.250. The van der Waals surface area contributed by atoms with Gasteiger partial charge in [0.2, 0.25) is 0 Å². The lowest BCUT2D eigenvalue weighted by Gasteiger charge is -2.09. The van der Waals surface area contributed by atoms with Crippen LogP contribution in [-0.2, 0) is 4.79 Å². The standard InChI is InChI=1S/C12H12FNO/c1-8(3-5-15)10-7-12-9(2-4-14-12)6-11(10)13/h2,4-8,14H,3H2,1H3. The number of H-pyrrole nitrogens is 1. The molecule has 1 aromatic heterocycles. The van der Waals surface area contributed by atoms with Crippen LogP contribution in [0.15, 0.2) is 24.4 Å². The van der Waals surface area contributed by atoms with Gasteiger partial charge in [0.05, 0.1) is 0 Å². The average molecular weight is 205 g/mol. The molecule has 2 nitrogen and oxygen atoms in total. The Morgan fingerprint density at radius 3 is 3.07 bits per heavy atom. The van der Waals surface area contributed by atoms with Crippen molar-refractivity contribution in [1.29, 1.82) is 0 Å². The van der Waals surface area contributed by atoms with Gasteiger partial charge in [-0.25, -0.2) is 4.39 Å². The van der Waals surface area contributed by atoms with Gasteiger partial charge in [-0.3, -0.25) is 0 Å². The Balaban J connectivity index is 2.49. The summed E-state index contributed by atoms with van der Waals surface area (Å²) >= 11 is 0. The van der Waals surface area contributed by atoms with E-state index in [1.54, 1.807) is 12.3 Å². The monoisotopic (exact) mass is 205 g/mol. The number of carbonyl (C=O) groups is 1. The van der Waals surface area contributed by atoms with Crippen molar-refractivity contribution < 1.29 is 9.18 Å². The normalized spacial score (nSPS) is 12.9. The molecule has 1 atom stereocenters. The van der Waals surface area contributed by atoms with Gasteiger partial charge in [-0.15, -0.1) is 0 Å². The van der Waals surface area contributed by atoms with Crippen LogP contribution in [0, 0.1) is 5.82 Å². The van der Waals surface area contributed by atoms with Crippen molar-refractivity contribution in [3.63, 3.8) is 0 Å². The summed E-state index contributed by atoms with van der Waals surface area (Å²) in [4.78, 5) is 13.4. The van der Waals surface area contributed by atoms with Crippen molar-refractivity contribution in [2.75, 3.05) is 0 Å². The third kappa shape index (κ3) is 1.77. The second kappa shape index (κ2) is 3.85. The number of benzene rings is 1. The number of fused-ring (bicyclic) bond motifs is 1. The minimum Gasteiger partial charge on any atom is -0.361 e. The summed E-state index contributed by atoms with van der Waals surface area (Å²) in [5, 5.41) is 0.856. The Kier molecular flexibility index (Phi) is 2.54. The third-order valence-electron chi connectivity index (χ3n) is 2.65. The van der Waals surface area contributed by atoms with Crippen molar-refractivity contribution in [2.45, 2.75) is 19.3 Å². The first kappa shape index (κ1) is 9.90. The van der Waals surface area contributed by atoms with Crippen molar-refractivity contribution in [1.82, 2.24) is 4.98 Å². The summed E-state index contributed by atoms with van der Waals surface area (Å²) in [6.45, 7) is 1.85.